The van der Waals surface area contributed by atoms with Gasteiger partial charge in [0.25, 0.3) is 0 Å². The molecule has 2 unspecified atom stereocenters. The molecule has 2 heterocycles. The summed E-state index contributed by atoms with van der Waals surface area (Å²) >= 11 is 1.28. The molecule has 0 fully saturated rings. The number of anilines is 1. The maximum atomic E-state index is 14.0. The fourth-order valence-corrected chi connectivity index (χ4v) is 6.47. The van der Waals surface area contributed by atoms with Crippen molar-refractivity contribution >= 4 is 45.1 Å². The van der Waals surface area contributed by atoms with Gasteiger partial charge in [-0.15, -0.1) is 11.3 Å². The lowest BCUT2D eigenvalue weighted by atomic mass is 10.0. The number of ketones is 1. The van der Waals surface area contributed by atoms with E-state index in [1.54, 1.807) is 26.6 Å². The number of nitrogens with one attached hydrogen (secondary N) is 2. The van der Waals surface area contributed by atoms with Crippen LogP contribution in [-0.2, 0) is 29.1 Å². The quantitative estimate of drug-likeness (QED) is 0.123. The molecule has 2 amide bonds. The van der Waals surface area contributed by atoms with Gasteiger partial charge in [-0.05, 0) is 65.4 Å². The van der Waals surface area contributed by atoms with Gasteiger partial charge in [0.1, 0.15) is 17.5 Å². The Labute approximate surface area is 296 Å². The van der Waals surface area contributed by atoms with E-state index in [0.29, 0.717) is 41.5 Å². The molecule has 0 saturated heterocycles. The number of carbonyl (C=O) groups is 3. The van der Waals surface area contributed by atoms with Crippen molar-refractivity contribution in [3.05, 3.63) is 107 Å². The predicted molar refractivity (Wildman–Crippen MR) is 195 cm³/mol. The van der Waals surface area contributed by atoms with E-state index in [1.165, 1.54) is 18.3 Å². The average Bonchev–Trinajstić information content (AvgIpc) is 3.55. The maximum Gasteiger partial charge on any atom is 0.243 e. The third kappa shape index (κ3) is 9.63. The topological polar surface area (TPSA) is 136 Å². The zero-order valence-electron chi connectivity index (χ0n) is 28.9. The lowest BCUT2D eigenvalue weighted by Crippen LogP contribution is -2.52. The van der Waals surface area contributed by atoms with E-state index in [1.807, 2.05) is 86.6 Å². The second-order valence-corrected chi connectivity index (χ2v) is 13.5. The standard InChI is InChI=1S/C38H42N6O5S/c1-24(2)18-33(41-25(3)45)36(47)42-32(35(46)37-43-31-8-6-7-9-34(31)50-37)19-28-20-39-38(40-21-28)44(22-26-10-14-29(48-4)15-11-26)23-27-12-16-30(49-5)17-13-27/h6-17,20-21,24,32-33H,18-19,22-23H2,1-5H3,(H,41,45)(H,42,47). The summed E-state index contributed by atoms with van der Waals surface area (Å²) in [5, 5.41) is 5.94. The Balaban J connectivity index is 1.41. The molecule has 50 heavy (non-hydrogen) atoms. The second kappa shape index (κ2) is 16.8. The Morgan fingerprint density at radius 3 is 1.88 bits per heavy atom. The molecule has 0 bridgehead atoms. The first kappa shape index (κ1) is 35.9. The number of carbonyl (C=O) groups excluding carboxylic acids is 3. The number of methoxy groups -OCH3 is 2. The summed E-state index contributed by atoms with van der Waals surface area (Å²) < 4.78 is 11.5. The first-order chi connectivity index (χ1) is 24.1. The summed E-state index contributed by atoms with van der Waals surface area (Å²) in [6.45, 7) is 6.37. The summed E-state index contributed by atoms with van der Waals surface area (Å²) in [5.74, 6) is 1.09. The molecule has 2 atom stereocenters. The number of thiazole rings is 1. The smallest absolute Gasteiger partial charge is 0.243 e. The van der Waals surface area contributed by atoms with Gasteiger partial charge < -0.3 is 25.0 Å². The van der Waals surface area contributed by atoms with Crippen molar-refractivity contribution in [2.24, 2.45) is 5.92 Å². The normalized spacial score (nSPS) is 12.3. The van der Waals surface area contributed by atoms with Crippen molar-refractivity contribution in [2.75, 3.05) is 19.1 Å². The SMILES string of the molecule is COc1ccc(CN(Cc2ccc(OC)cc2)c2ncc(CC(NC(=O)C(CC(C)C)NC(C)=O)C(=O)c3nc4ccccc4s3)cn2)cc1. The first-order valence-electron chi connectivity index (χ1n) is 16.4. The highest BCUT2D eigenvalue weighted by atomic mass is 32.1. The minimum atomic E-state index is -0.962. The summed E-state index contributed by atoms with van der Waals surface area (Å²) in [6.07, 6.45) is 3.92. The molecule has 0 spiro atoms. The van der Waals surface area contributed by atoms with Gasteiger partial charge in [0, 0.05) is 38.8 Å². The lowest BCUT2D eigenvalue weighted by molar-refractivity contribution is -0.128. The monoisotopic (exact) mass is 694 g/mol. The third-order valence-electron chi connectivity index (χ3n) is 8.02. The number of rotatable bonds is 16. The Hall–Kier alpha value is -5.36. The van der Waals surface area contributed by atoms with Crippen LogP contribution in [-0.4, -0.2) is 58.9 Å². The molecule has 0 aliphatic carbocycles. The van der Waals surface area contributed by atoms with E-state index in [9.17, 15) is 14.4 Å². The molecule has 5 rings (SSSR count). The number of Topliss-reactive ketones (excluding diaryl/α,β-unsaturated/α-hetero) is 1. The molecule has 3 aromatic carbocycles. The predicted octanol–water partition coefficient (Wildman–Crippen LogP) is 5.77. The number of nitrogens with zero attached hydrogens (tertiary/aromatic N) is 4. The molecule has 0 aliphatic rings. The summed E-state index contributed by atoms with van der Waals surface area (Å²) in [7, 11) is 3.27. The van der Waals surface area contributed by atoms with Gasteiger partial charge in [0.15, 0.2) is 5.01 Å². The number of aromatic nitrogens is 3. The molecular weight excluding hydrogens is 653 g/mol. The lowest BCUT2D eigenvalue weighted by Gasteiger charge is -2.24. The van der Waals surface area contributed by atoms with Crippen LogP contribution in [0.3, 0.4) is 0 Å². The van der Waals surface area contributed by atoms with Gasteiger partial charge in [0.05, 0.1) is 30.5 Å². The van der Waals surface area contributed by atoms with Gasteiger partial charge in [-0.1, -0.05) is 50.2 Å². The van der Waals surface area contributed by atoms with E-state index in [2.05, 4.69) is 20.5 Å². The number of para-hydroxylation sites is 1. The van der Waals surface area contributed by atoms with Crippen LogP contribution in [0.5, 0.6) is 11.5 Å². The van der Waals surface area contributed by atoms with E-state index in [-0.39, 0.29) is 24.0 Å². The van der Waals surface area contributed by atoms with E-state index in [0.717, 1.165) is 27.3 Å². The minimum absolute atomic E-state index is 0.131. The number of fused-ring (bicyclic) bond motifs is 1. The Morgan fingerprint density at radius 1 is 0.780 bits per heavy atom. The third-order valence-corrected chi connectivity index (χ3v) is 9.07. The maximum absolute atomic E-state index is 14.0. The van der Waals surface area contributed by atoms with Crippen molar-refractivity contribution in [3.8, 4) is 11.5 Å². The van der Waals surface area contributed by atoms with Gasteiger partial charge >= 0.3 is 0 Å². The molecule has 2 N–H and O–H groups in total. The van der Waals surface area contributed by atoms with Crippen molar-refractivity contribution in [1.82, 2.24) is 25.6 Å². The van der Waals surface area contributed by atoms with Crippen molar-refractivity contribution in [1.29, 1.82) is 0 Å². The molecule has 260 valence electrons. The van der Waals surface area contributed by atoms with Gasteiger partial charge in [-0.25, -0.2) is 15.0 Å². The zero-order chi connectivity index (χ0) is 35.6. The van der Waals surface area contributed by atoms with Crippen LogP contribution in [0.2, 0.25) is 0 Å². The van der Waals surface area contributed by atoms with Crippen molar-refractivity contribution in [3.63, 3.8) is 0 Å². The fraction of sp³-hybridized carbons (Fsp3) is 0.316. The fourth-order valence-electron chi connectivity index (χ4n) is 5.51. The Bertz CT molecular complexity index is 1810. The Kier molecular flexibility index (Phi) is 12.1. The van der Waals surface area contributed by atoms with Crippen LogP contribution >= 0.6 is 11.3 Å². The van der Waals surface area contributed by atoms with Crippen molar-refractivity contribution in [2.45, 2.75) is 58.8 Å². The first-order valence-corrected chi connectivity index (χ1v) is 17.2. The highest BCUT2D eigenvalue weighted by molar-refractivity contribution is 7.20. The number of hydrogen-bond acceptors (Lipinski definition) is 10. The number of amides is 2. The molecule has 0 radical (unpaired) electrons. The highest BCUT2D eigenvalue weighted by Crippen LogP contribution is 2.24. The number of benzene rings is 3. The number of ether oxygens (including phenoxy) is 2. The molecule has 11 nitrogen and oxygen atoms in total. The van der Waals surface area contributed by atoms with Crippen LogP contribution in [0.1, 0.15) is 53.7 Å². The molecule has 5 aromatic rings. The zero-order valence-corrected chi connectivity index (χ0v) is 29.7. The molecule has 0 saturated carbocycles. The van der Waals surface area contributed by atoms with Crippen LogP contribution < -0.4 is 25.0 Å². The average molecular weight is 695 g/mol. The second-order valence-electron chi connectivity index (χ2n) is 12.4. The largest absolute Gasteiger partial charge is 0.497 e. The summed E-state index contributed by atoms with van der Waals surface area (Å²) in [6, 6.07) is 21.4. The van der Waals surface area contributed by atoms with Gasteiger partial charge in [-0.3, -0.25) is 14.4 Å². The molecule has 0 aliphatic heterocycles. The molecular formula is C38H42N6O5S. The van der Waals surface area contributed by atoms with Gasteiger partial charge in [0.2, 0.25) is 23.5 Å². The summed E-state index contributed by atoms with van der Waals surface area (Å²) in [5.41, 5.74) is 3.46. The van der Waals surface area contributed by atoms with Gasteiger partial charge in [-0.2, -0.15) is 0 Å². The Morgan fingerprint density at radius 2 is 1.36 bits per heavy atom. The molecule has 2 aromatic heterocycles. The highest BCUT2D eigenvalue weighted by Gasteiger charge is 2.29. The summed E-state index contributed by atoms with van der Waals surface area (Å²) in [4.78, 5) is 55.5. The minimum Gasteiger partial charge on any atom is -0.497 e. The van der Waals surface area contributed by atoms with Crippen LogP contribution in [0.4, 0.5) is 5.95 Å². The van der Waals surface area contributed by atoms with Crippen LogP contribution in [0.15, 0.2) is 85.2 Å². The molecule has 12 heteroatoms. The van der Waals surface area contributed by atoms with E-state index in [4.69, 9.17) is 19.4 Å². The van der Waals surface area contributed by atoms with E-state index < -0.39 is 18.0 Å². The van der Waals surface area contributed by atoms with E-state index >= 15 is 0 Å². The van der Waals surface area contributed by atoms with Crippen molar-refractivity contribution < 1.29 is 23.9 Å². The van der Waals surface area contributed by atoms with Crippen LogP contribution in [0, 0.1) is 5.92 Å². The van der Waals surface area contributed by atoms with Crippen LogP contribution in [0.25, 0.3) is 10.2 Å². The number of hydrogen-bond donors (Lipinski definition) is 2.